The van der Waals surface area contributed by atoms with Crippen LogP contribution in [0, 0.1) is 5.92 Å². The lowest BCUT2D eigenvalue weighted by Crippen LogP contribution is -2.39. The van der Waals surface area contributed by atoms with Gasteiger partial charge in [-0.25, -0.2) is 0 Å². The molecule has 31 heavy (non-hydrogen) atoms. The average Bonchev–Trinajstić information content (AvgIpc) is 3.33. The number of rotatable bonds is 9. The summed E-state index contributed by atoms with van der Waals surface area (Å²) < 4.78 is 6.03. The lowest BCUT2D eigenvalue weighted by atomic mass is 9.85. The van der Waals surface area contributed by atoms with Gasteiger partial charge in [0, 0.05) is 36.7 Å². The van der Waals surface area contributed by atoms with Gasteiger partial charge < -0.3 is 19.4 Å². The van der Waals surface area contributed by atoms with E-state index >= 15 is 0 Å². The zero-order valence-corrected chi connectivity index (χ0v) is 19.1. The highest BCUT2D eigenvalue weighted by molar-refractivity contribution is 5.53. The maximum absolute atomic E-state index is 6.03. The summed E-state index contributed by atoms with van der Waals surface area (Å²) >= 11 is 0. The first-order valence-electron chi connectivity index (χ1n) is 11.9. The van der Waals surface area contributed by atoms with Crippen molar-refractivity contribution in [1.29, 1.82) is 0 Å². The molecule has 0 amide bonds. The van der Waals surface area contributed by atoms with Crippen LogP contribution in [0.5, 0.6) is 5.75 Å². The van der Waals surface area contributed by atoms with Crippen molar-refractivity contribution in [3.05, 3.63) is 72.6 Å². The number of ether oxygens (including phenoxy) is 1. The van der Waals surface area contributed by atoms with Crippen LogP contribution in [0.3, 0.4) is 0 Å². The van der Waals surface area contributed by atoms with E-state index in [-0.39, 0.29) is 0 Å². The summed E-state index contributed by atoms with van der Waals surface area (Å²) in [6, 6.07) is 19.5. The first kappa shape index (κ1) is 21.8. The van der Waals surface area contributed by atoms with Gasteiger partial charge in [-0.2, -0.15) is 0 Å². The Bertz CT molecular complexity index is 825. The summed E-state index contributed by atoms with van der Waals surface area (Å²) in [5.41, 5.74) is 2.39. The van der Waals surface area contributed by atoms with E-state index in [2.05, 4.69) is 83.4 Å². The summed E-state index contributed by atoms with van der Waals surface area (Å²) in [5, 5.41) is 0. The number of anilines is 1. The molecular weight excluding hydrogens is 382 g/mol. The monoisotopic (exact) mass is 419 g/mol. The maximum atomic E-state index is 6.03. The summed E-state index contributed by atoms with van der Waals surface area (Å²) in [5.74, 6) is 1.79. The fourth-order valence-electron chi connectivity index (χ4n) is 4.84. The molecule has 1 aliphatic heterocycles. The van der Waals surface area contributed by atoms with Gasteiger partial charge >= 0.3 is 0 Å². The first-order valence-corrected chi connectivity index (χ1v) is 11.9. The van der Waals surface area contributed by atoms with Crippen LogP contribution in [0.25, 0.3) is 0 Å². The second kappa shape index (κ2) is 10.7. The van der Waals surface area contributed by atoms with Crippen molar-refractivity contribution in [2.75, 3.05) is 31.2 Å². The molecule has 166 valence electrons. The molecule has 1 aliphatic carbocycles. The molecule has 0 saturated heterocycles. The Kier molecular flexibility index (Phi) is 7.52. The van der Waals surface area contributed by atoms with E-state index in [4.69, 9.17) is 4.74 Å². The van der Waals surface area contributed by atoms with Gasteiger partial charge in [0.1, 0.15) is 12.4 Å². The summed E-state index contributed by atoms with van der Waals surface area (Å²) in [6.07, 6.45) is 9.84. The number of benzene rings is 2. The number of hydrogen-bond donors (Lipinski definition) is 0. The topological polar surface area (TPSA) is 19.0 Å². The Morgan fingerprint density at radius 3 is 2.42 bits per heavy atom. The highest BCUT2D eigenvalue weighted by Crippen LogP contribution is 2.32. The third-order valence-electron chi connectivity index (χ3n) is 6.85. The van der Waals surface area contributed by atoms with Crippen LogP contribution in [-0.2, 0) is 6.61 Å². The molecule has 2 aliphatic rings. The standard InChI is InChI=1S/C27H37N3O/c1-3-28(4-2)20-23-13-15-25(16-14-23)29-17-18-30(22-29)26-11-8-12-27(19-26)31-21-24-9-6-5-7-10-24/h5-12,17-19,23,25H,3-4,13-16,20-22H2,1-2H3. The van der Waals surface area contributed by atoms with Crippen LogP contribution in [0.1, 0.15) is 45.1 Å². The van der Waals surface area contributed by atoms with Crippen LogP contribution < -0.4 is 9.64 Å². The van der Waals surface area contributed by atoms with Crippen LogP contribution in [0.2, 0.25) is 0 Å². The van der Waals surface area contributed by atoms with E-state index in [0.29, 0.717) is 12.6 Å². The Morgan fingerprint density at radius 1 is 0.903 bits per heavy atom. The zero-order valence-electron chi connectivity index (χ0n) is 19.1. The third kappa shape index (κ3) is 5.82. The molecule has 0 spiro atoms. The van der Waals surface area contributed by atoms with E-state index in [9.17, 15) is 0 Å². The molecule has 0 aromatic heterocycles. The van der Waals surface area contributed by atoms with Gasteiger partial charge in [0.15, 0.2) is 0 Å². The molecule has 1 heterocycles. The van der Waals surface area contributed by atoms with Crippen molar-refractivity contribution >= 4 is 5.69 Å². The van der Waals surface area contributed by atoms with E-state index in [1.54, 1.807) is 0 Å². The van der Waals surface area contributed by atoms with Crippen molar-refractivity contribution in [1.82, 2.24) is 9.80 Å². The zero-order chi connectivity index (χ0) is 21.5. The maximum Gasteiger partial charge on any atom is 0.121 e. The van der Waals surface area contributed by atoms with E-state index < -0.39 is 0 Å². The first-order chi connectivity index (χ1) is 15.2. The summed E-state index contributed by atoms with van der Waals surface area (Å²) in [7, 11) is 0. The second-order valence-corrected chi connectivity index (χ2v) is 8.86. The minimum absolute atomic E-state index is 0.600. The average molecular weight is 420 g/mol. The highest BCUT2D eigenvalue weighted by atomic mass is 16.5. The number of hydrogen-bond acceptors (Lipinski definition) is 4. The SMILES string of the molecule is CCN(CC)CC1CCC(N2C=CN(c3cccc(OCc4ccccc4)c3)C2)CC1. The van der Waals surface area contributed by atoms with Crippen LogP contribution in [-0.4, -0.2) is 42.1 Å². The minimum Gasteiger partial charge on any atom is -0.489 e. The quantitative estimate of drug-likeness (QED) is 0.518. The van der Waals surface area contributed by atoms with Gasteiger partial charge in [-0.3, -0.25) is 0 Å². The molecule has 4 nitrogen and oxygen atoms in total. The predicted molar refractivity (Wildman–Crippen MR) is 129 cm³/mol. The van der Waals surface area contributed by atoms with Gasteiger partial charge in [0.2, 0.25) is 0 Å². The Hall–Kier alpha value is -2.46. The molecular formula is C27H37N3O. The van der Waals surface area contributed by atoms with Crippen LogP contribution in [0.4, 0.5) is 5.69 Å². The smallest absolute Gasteiger partial charge is 0.121 e. The Balaban J connectivity index is 1.27. The van der Waals surface area contributed by atoms with Gasteiger partial charge in [0.25, 0.3) is 0 Å². The van der Waals surface area contributed by atoms with Crippen molar-refractivity contribution in [2.45, 2.75) is 52.2 Å². The molecule has 2 aromatic carbocycles. The van der Waals surface area contributed by atoms with Gasteiger partial charge in [-0.05, 0) is 62.4 Å². The van der Waals surface area contributed by atoms with Crippen LogP contribution >= 0.6 is 0 Å². The normalized spacial score (nSPS) is 21.1. The summed E-state index contributed by atoms with van der Waals surface area (Å²) in [6.45, 7) is 9.72. The van der Waals surface area contributed by atoms with Crippen molar-refractivity contribution in [3.63, 3.8) is 0 Å². The highest BCUT2D eigenvalue weighted by Gasteiger charge is 2.28. The molecule has 0 radical (unpaired) electrons. The molecule has 0 unspecified atom stereocenters. The molecule has 4 rings (SSSR count). The molecule has 1 fully saturated rings. The molecule has 0 N–H and O–H groups in total. The molecule has 1 saturated carbocycles. The second-order valence-electron chi connectivity index (χ2n) is 8.86. The van der Waals surface area contributed by atoms with E-state index in [0.717, 1.165) is 18.3 Å². The lowest BCUT2D eigenvalue weighted by molar-refractivity contribution is 0.160. The third-order valence-corrected chi connectivity index (χ3v) is 6.85. The minimum atomic E-state index is 0.600. The fourth-order valence-corrected chi connectivity index (χ4v) is 4.84. The van der Waals surface area contributed by atoms with Crippen molar-refractivity contribution in [2.24, 2.45) is 5.92 Å². The lowest BCUT2D eigenvalue weighted by Gasteiger charge is -2.37. The Labute approximate surface area is 188 Å². The molecule has 0 bridgehead atoms. The fraction of sp³-hybridized carbons (Fsp3) is 0.481. The molecule has 4 heteroatoms. The largest absolute Gasteiger partial charge is 0.489 e. The van der Waals surface area contributed by atoms with E-state index in [1.807, 2.05) is 12.1 Å². The van der Waals surface area contributed by atoms with Crippen molar-refractivity contribution in [3.8, 4) is 5.75 Å². The number of nitrogens with zero attached hydrogens (tertiary/aromatic N) is 3. The van der Waals surface area contributed by atoms with Crippen LogP contribution in [0.15, 0.2) is 67.0 Å². The van der Waals surface area contributed by atoms with Gasteiger partial charge in [-0.1, -0.05) is 50.2 Å². The van der Waals surface area contributed by atoms with Crippen molar-refractivity contribution < 1.29 is 4.74 Å². The Morgan fingerprint density at radius 2 is 1.68 bits per heavy atom. The molecule has 2 aromatic rings. The molecule has 0 atom stereocenters. The van der Waals surface area contributed by atoms with Gasteiger partial charge in [-0.15, -0.1) is 0 Å². The predicted octanol–water partition coefficient (Wildman–Crippen LogP) is 5.72. The van der Waals surface area contributed by atoms with Gasteiger partial charge in [0.05, 0.1) is 6.67 Å². The summed E-state index contributed by atoms with van der Waals surface area (Å²) in [4.78, 5) is 7.44. The van der Waals surface area contributed by atoms with E-state index in [1.165, 1.54) is 56.6 Å².